The average molecular weight is 1900 g/mol. The number of aldehydes is 6. The molecule has 0 aromatic rings. The minimum absolute atomic E-state index is 0. The summed E-state index contributed by atoms with van der Waals surface area (Å²) >= 11 is -11.9. The van der Waals surface area contributed by atoms with Crippen LogP contribution < -0.4 is 97.2 Å². The molecule has 113 heavy (non-hydrogen) atoms. The number of esters is 3. The Bertz CT molecular complexity index is 2060. The van der Waals surface area contributed by atoms with Gasteiger partial charge in [0.1, 0.15) is 102 Å². The van der Waals surface area contributed by atoms with E-state index < -0.39 is 177 Å². The number of rotatable bonds is 46. The van der Waals surface area contributed by atoms with Crippen LogP contribution in [0.5, 0.6) is 0 Å². The van der Waals surface area contributed by atoms with E-state index in [9.17, 15) is 73.5 Å². The van der Waals surface area contributed by atoms with Gasteiger partial charge in [0.05, 0.1) is 64.1 Å². The predicted molar refractivity (Wildman–Crippen MR) is 359 cm³/mol. The van der Waals surface area contributed by atoms with Crippen LogP contribution in [0.1, 0.15) is 148 Å². The molecule has 0 spiro atoms. The van der Waals surface area contributed by atoms with Crippen molar-refractivity contribution in [2.75, 3.05) is 88.9 Å². The minimum atomic E-state index is -5.94. The molecule has 19 atom stereocenters. The first kappa shape index (κ1) is 134. The van der Waals surface area contributed by atoms with Gasteiger partial charge < -0.3 is 153 Å². The van der Waals surface area contributed by atoms with Gasteiger partial charge in [-0.3, -0.25) is 56.3 Å². The van der Waals surface area contributed by atoms with Crippen molar-refractivity contribution >= 4 is 70.0 Å². The Labute approximate surface area is 696 Å². The molecule has 2 rings (SSSR count). The van der Waals surface area contributed by atoms with E-state index in [2.05, 4.69) is 18.9 Å². The molecule has 2 fully saturated rings. The summed E-state index contributed by atoms with van der Waals surface area (Å²) in [5.74, 6) is -2.38. The molecule has 45 nitrogen and oxygen atoms in total. The van der Waals surface area contributed by atoms with E-state index in [-0.39, 0.29) is 110 Å². The van der Waals surface area contributed by atoms with Crippen molar-refractivity contribution in [2.24, 2.45) is 0 Å². The maximum atomic E-state index is 11.7. The van der Waals surface area contributed by atoms with Crippen LogP contribution >= 0.6 is 0 Å². The number of methoxy groups -OCH3 is 6. The molecule has 2 aliphatic rings. The summed E-state index contributed by atoms with van der Waals surface area (Å²) in [6.45, 7) is 17.0. The van der Waals surface area contributed by atoms with Gasteiger partial charge in [0, 0.05) is 76.8 Å². The van der Waals surface area contributed by atoms with Crippen molar-refractivity contribution in [1.82, 2.24) is 0 Å². The quantitative estimate of drug-likeness (QED) is 0.00673. The number of hydrogen-bond donors (Lipinski definition) is 11. The van der Waals surface area contributed by atoms with E-state index >= 15 is 0 Å². The van der Waals surface area contributed by atoms with Crippen molar-refractivity contribution in [3.8, 4) is 0 Å². The Morgan fingerprint density at radius 2 is 0.920 bits per heavy atom. The molecule has 0 bridgehead atoms. The van der Waals surface area contributed by atoms with Crippen LogP contribution in [0.25, 0.3) is 0 Å². The second-order valence-electron chi connectivity index (χ2n) is 20.5. The third-order valence-electron chi connectivity index (χ3n) is 12.6. The van der Waals surface area contributed by atoms with Crippen LogP contribution in [-0.2, 0) is 124 Å². The number of aliphatic hydroxyl groups excluding tert-OH is 10. The maximum absolute atomic E-state index is 11.7. The Hall–Kier alpha value is -2.66. The number of carboxylic acid groups (broad SMARTS) is 1. The normalized spacial score (nSPS) is 18.9. The van der Waals surface area contributed by atoms with Crippen molar-refractivity contribution in [2.45, 2.75) is 264 Å². The fourth-order valence-corrected chi connectivity index (χ4v) is 6.77. The first-order chi connectivity index (χ1) is 52.2. The number of halogens is 2. The van der Waals surface area contributed by atoms with Gasteiger partial charge in [-0.2, -0.15) is 0 Å². The molecule has 669 valence electrons. The molecule has 0 aliphatic carbocycles. The Balaban J connectivity index is -0.000000106. The van der Waals surface area contributed by atoms with E-state index in [1.54, 1.807) is 27.7 Å². The first-order valence-electron chi connectivity index (χ1n) is 34.1. The molecular formula is C64H123BI2NaO45-2. The number of hydrogen-bond acceptors (Lipinski definition) is 44. The summed E-state index contributed by atoms with van der Waals surface area (Å²) in [6.07, 6.45) is -9.08. The number of ether oxygens (including phenoxy) is 16. The molecule has 0 amide bonds. The van der Waals surface area contributed by atoms with Gasteiger partial charge in [0.15, 0.2) is 62.7 Å². The van der Waals surface area contributed by atoms with Crippen LogP contribution in [0.3, 0.4) is 0 Å². The third kappa shape index (κ3) is 85.6. The number of carbonyl (C=O) groups excluding carboxylic acids is 9. The summed E-state index contributed by atoms with van der Waals surface area (Å²) < 4.78 is 148. The number of carboxylic acids is 1. The van der Waals surface area contributed by atoms with E-state index in [0.29, 0.717) is 95.5 Å². The zero-order valence-electron chi connectivity index (χ0n) is 68.0. The molecule has 2 aliphatic heterocycles. The molecule has 49 heteroatoms. The number of carbonyl (C=O) groups is 10. The molecule has 2 saturated heterocycles. The molecule has 0 saturated carbocycles. The second-order valence-corrected chi connectivity index (χ2v) is 24.8. The van der Waals surface area contributed by atoms with Crippen LogP contribution in [0.2, 0.25) is 0 Å². The molecule has 0 aromatic heterocycles. The monoisotopic (exact) mass is 1900 g/mol. The Kier molecular flexibility index (Phi) is 107. The van der Waals surface area contributed by atoms with Gasteiger partial charge >= 0.3 is 53.4 Å². The summed E-state index contributed by atoms with van der Waals surface area (Å²) in [4.78, 5) is 104. The van der Waals surface area contributed by atoms with E-state index in [4.69, 9.17) is 115 Å². The summed E-state index contributed by atoms with van der Waals surface area (Å²) in [5, 5.41) is 99.9. The van der Waals surface area contributed by atoms with Gasteiger partial charge in [-0.1, -0.05) is 69.2 Å². The predicted octanol–water partition coefficient (Wildman–Crippen LogP) is -19.5. The molecular weight excluding hydrogens is 1780 g/mol. The largest absolute Gasteiger partial charge is 1.00 e. The average Bonchev–Trinajstić information content (AvgIpc) is 0.823. The maximum Gasteiger partial charge on any atom is 1.00 e. The van der Waals surface area contributed by atoms with Gasteiger partial charge in [-0.15, -0.1) is 0 Å². The van der Waals surface area contributed by atoms with Crippen molar-refractivity contribution < 1.29 is 279 Å². The van der Waals surface area contributed by atoms with Crippen molar-refractivity contribution in [3.63, 3.8) is 0 Å². The Morgan fingerprint density at radius 1 is 0.513 bits per heavy atom. The summed E-state index contributed by atoms with van der Waals surface area (Å²) in [6, 6.07) is 0. The van der Waals surface area contributed by atoms with E-state index in [1.165, 1.54) is 42.7 Å². The number of cyclic esters (lactones) is 2. The zero-order chi connectivity index (χ0) is 88.3. The smallest absolute Gasteiger partial charge is 1.00 e. The van der Waals surface area contributed by atoms with Crippen LogP contribution in [0, 0.1) is 0 Å². The van der Waals surface area contributed by atoms with Gasteiger partial charge in [-0.25, -0.2) is 0 Å². The van der Waals surface area contributed by atoms with Gasteiger partial charge in [-0.05, 0) is 51.4 Å². The number of aliphatic hydroxyl groups is 10. The minimum Gasteiger partial charge on any atom is -1.00 e. The van der Waals surface area contributed by atoms with Gasteiger partial charge in [0.25, 0.3) is 0 Å². The van der Waals surface area contributed by atoms with Gasteiger partial charge in [0.2, 0.25) is 12.6 Å². The van der Waals surface area contributed by atoms with Crippen LogP contribution in [0.4, 0.5) is 0 Å². The fourth-order valence-electron chi connectivity index (χ4n) is 6.77. The third-order valence-corrected chi connectivity index (χ3v) is 12.6. The second kappa shape index (κ2) is 90.1. The molecule has 10 unspecified atom stereocenters. The first-order valence-corrected chi connectivity index (χ1v) is 41.2. The van der Waals surface area contributed by atoms with Crippen molar-refractivity contribution in [3.05, 3.63) is 0 Å². The SMILES string of the molecule is CC.CC.CCC(C=O)OC(OC)[C@@H](O)C=O.CCC(C=O)O[C@@H](C=O)OC.CCC(CO)O[C@@H](CO)OC.CCC(CO)O[C@@H](COC(=O)CCCC(=O)O)OCC(CO)O[C@@H](CO)OC.CCC(OC(C=O)OC)[C@@H](O)C=O.CCC1O[C@H](OC)C(O)[C@@H](O)[C@@H]1O.O=C1CCCC(=O)O1.[B].[H-].[Na+].[O-][I+3]([O-])([O-])[O-].[O-][I+3]([O-])([O-])[O-]. The van der Waals surface area contributed by atoms with E-state index in [1.807, 2.05) is 41.5 Å². The van der Waals surface area contributed by atoms with Crippen LogP contribution in [0.15, 0.2) is 0 Å². The number of aliphatic carboxylic acids is 1. The standard InChI is InChI=1S/C17H32O11.C8H16O5.2C8H14O5.C7H16O4.C7H12O4.C5H6O3.2C2H6.B.2IO4.Na.H/c1-3-12(7-18)27-17(11-25-15(23)6-4-5-14(21)22)26-10-13(8-19)28-16(9-20)24-2;1-3-4-5(9)6(10)7(11)8(12-2)13-4;1-3-7(6(11)4-9)13-8(5-10)12-2;1-3-6(4-9)13-8(12-2)7(11)5-10;2*1-3-6(4-8)11-7(5-9)10-2;6-4-2-1-3-5(7)8-4;2*1-2;;2*2-1(3,4)5;;/h12-13,16-20H,3-11H2,1-2H3,(H,21,22);4-11H,3H2,1-2H3;2*4-8,11H,3H2,1-2H3;6-9H,3-5H2,1-2H3;4-7H,3H2,1-2H3;1-3H2;2*1-2H3;;;;;/q;;;;;;;;;;2*-1;+1;-1/t12?,13?,16-,17-;4?,5-,6+,7?,8+;6-,7?,8?;6?,7-,8?;2*6?,7-;;;;;;;;/m010000......../s1. The molecule has 3 radical (unpaired) electrons. The summed E-state index contributed by atoms with van der Waals surface area (Å²) in [5.41, 5.74) is 0. The molecule has 11 N–H and O–H groups in total. The topological polar surface area (TPSA) is 725 Å². The fraction of sp³-hybridized carbons (Fsp3) is 0.844. The van der Waals surface area contributed by atoms with Crippen LogP contribution in [-0.4, -0.2) is 332 Å². The van der Waals surface area contributed by atoms with E-state index in [0.717, 1.165) is 0 Å². The molecule has 2 heterocycles. The Morgan fingerprint density at radius 3 is 1.22 bits per heavy atom. The molecule has 0 aromatic carbocycles. The summed E-state index contributed by atoms with van der Waals surface area (Å²) in [7, 11) is 8.10. The van der Waals surface area contributed by atoms with Crippen molar-refractivity contribution in [1.29, 1.82) is 0 Å². The zero-order valence-corrected chi connectivity index (χ0v) is 73.3.